The van der Waals surface area contributed by atoms with Gasteiger partial charge in [0.1, 0.15) is 11.9 Å². The molecular weight excluding hydrogens is 419 g/mol. The summed E-state index contributed by atoms with van der Waals surface area (Å²) in [6, 6.07) is 10.8. The van der Waals surface area contributed by atoms with E-state index in [0.29, 0.717) is 34.6 Å². The Morgan fingerprint density at radius 1 is 1.18 bits per heavy atom. The van der Waals surface area contributed by atoms with Crippen LogP contribution in [0.25, 0.3) is 0 Å². The van der Waals surface area contributed by atoms with Crippen molar-refractivity contribution in [1.82, 2.24) is 4.90 Å². The maximum atomic E-state index is 13.2. The van der Waals surface area contributed by atoms with E-state index in [0.717, 1.165) is 10.5 Å². The molecule has 0 saturated heterocycles. The van der Waals surface area contributed by atoms with Crippen molar-refractivity contribution in [1.29, 1.82) is 0 Å². The summed E-state index contributed by atoms with van der Waals surface area (Å²) >= 11 is 13.9. The number of halogens is 2. The van der Waals surface area contributed by atoms with Gasteiger partial charge >= 0.3 is 0 Å². The molecule has 0 spiro atoms. The number of ether oxygens (including phenoxy) is 1. The molecule has 8 heteroatoms. The lowest BCUT2D eigenvalue weighted by Gasteiger charge is -2.26. The van der Waals surface area contributed by atoms with E-state index < -0.39 is 11.4 Å². The van der Waals surface area contributed by atoms with Crippen LogP contribution in [0.15, 0.2) is 41.3 Å². The van der Waals surface area contributed by atoms with E-state index in [-0.39, 0.29) is 5.91 Å². The second-order valence-corrected chi connectivity index (χ2v) is 8.78. The Kier molecular flexibility index (Phi) is 6.78. The monoisotopic (exact) mass is 440 g/mol. The molecule has 1 heterocycles. The Bertz CT molecular complexity index is 861. The number of thioether (sulfide) groups is 1. The Labute approximate surface area is 179 Å². The Morgan fingerprint density at radius 2 is 1.82 bits per heavy atom. The maximum absolute atomic E-state index is 13.2. The van der Waals surface area contributed by atoms with Gasteiger partial charge in [0, 0.05) is 18.0 Å². The van der Waals surface area contributed by atoms with Gasteiger partial charge in [0.2, 0.25) is 0 Å². The minimum Gasteiger partial charge on any atom is -0.497 e. The topological polar surface area (TPSA) is 53.0 Å². The molecule has 5 nitrogen and oxygen atoms in total. The van der Waals surface area contributed by atoms with Crippen LogP contribution in [0.4, 0.5) is 5.69 Å². The van der Waals surface area contributed by atoms with Gasteiger partial charge in [0.25, 0.3) is 5.91 Å². The fourth-order valence-corrected chi connectivity index (χ4v) is 4.68. The molecule has 0 aliphatic carbocycles. The number of amides is 1. The van der Waals surface area contributed by atoms with Crippen molar-refractivity contribution in [3.8, 4) is 5.75 Å². The zero-order valence-electron chi connectivity index (χ0n) is 15.9. The van der Waals surface area contributed by atoms with Crippen LogP contribution < -0.4 is 9.64 Å². The first-order chi connectivity index (χ1) is 13.3. The number of fused-ring (bicyclic) bond motifs is 1. The van der Waals surface area contributed by atoms with E-state index in [1.54, 1.807) is 24.1 Å². The second kappa shape index (κ2) is 8.93. The first-order valence-electron chi connectivity index (χ1n) is 8.75. The number of carbonyl (C=O) groups is 1. The number of rotatable bonds is 5. The summed E-state index contributed by atoms with van der Waals surface area (Å²) in [6.07, 6.45) is -1.20. The van der Waals surface area contributed by atoms with Crippen LogP contribution in [-0.2, 0) is 4.79 Å². The normalized spacial score (nSPS) is 19.5. The van der Waals surface area contributed by atoms with Crippen molar-refractivity contribution in [2.24, 2.45) is 0 Å². The third kappa shape index (κ3) is 4.42. The Balaban J connectivity index is 2.05. The molecule has 0 saturated carbocycles. The SMILES string of the molecule is COc1ccc(C2Sc3cc(Cl)c(Cl)cc3N(CCN(C)C)C(=O)C2O)cc1. The van der Waals surface area contributed by atoms with Gasteiger partial charge in [-0.05, 0) is 43.9 Å². The summed E-state index contributed by atoms with van der Waals surface area (Å²) in [7, 11) is 5.46. The van der Waals surface area contributed by atoms with Crippen LogP contribution in [0.3, 0.4) is 0 Å². The summed E-state index contributed by atoms with van der Waals surface area (Å²) < 4.78 is 5.20. The summed E-state index contributed by atoms with van der Waals surface area (Å²) in [5.74, 6) is 0.360. The number of hydrogen-bond donors (Lipinski definition) is 1. The highest BCUT2D eigenvalue weighted by Gasteiger charge is 2.37. The van der Waals surface area contributed by atoms with E-state index in [9.17, 15) is 9.90 Å². The molecule has 0 fully saturated rings. The van der Waals surface area contributed by atoms with Gasteiger partial charge in [0.05, 0.1) is 28.1 Å². The van der Waals surface area contributed by atoms with Crippen LogP contribution in [0.2, 0.25) is 10.0 Å². The average Bonchev–Trinajstić information content (AvgIpc) is 2.77. The third-order valence-corrected chi connectivity index (χ3v) is 6.65. The maximum Gasteiger partial charge on any atom is 0.257 e. The molecule has 150 valence electrons. The summed E-state index contributed by atoms with van der Waals surface area (Å²) in [6.45, 7) is 1.08. The lowest BCUT2D eigenvalue weighted by Crippen LogP contribution is -2.43. The molecule has 1 aliphatic heterocycles. The van der Waals surface area contributed by atoms with Gasteiger partial charge in [-0.3, -0.25) is 4.79 Å². The number of carbonyl (C=O) groups excluding carboxylic acids is 1. The summed E-state index contributed by atoms with van der Waals surface area (Å²) in [5, 5.41) is 11.2. The van der Waals surface area contributed by atoms with Crippen molar-refractivity contribution in [2.75, 3.05) is 39.2 Å². The van der Waals surface area contributed by atoms with Crippen molar-refractivity contribution in [3.63, 3.8) is 0 Å². The highest BCUT2D eigenvalue weighted by atomic mass is 35.5. The lowest BCUT2D eigenvalue weighted by molar-refractivity contribution is -0.126. The smallest absolute Gasteiger partial charge is 0.257 e. The number of nitrogens with zero attached hydrogens (tertiary/aromatic N) is 2. The fourth-order valence-electron chi connectivity index (χ4n) is 3.01. The number of hydrogen-bond acceptors (Lipinski definition) is 5. The minimum absolute atomic E-state index is 0.354. The second-order valence-electron chi connectivity index (χ2n) is 6.78. The molecular formula is C20H22Cl2N2O3S. The third-order valence-electron chi connectivity index (χ3n) is 4.57. The molecule has 2 atom stereocenters. The van der Waals surface area contributed by atoms with Crippen LogP contribution in [-0.4, -0.2) is 56.3 Å². The van der Waals surface area contributed by atoms with Crippen LogP contribution >= 0.6 is 35.0 Å². The van der Waals surface area contributed by atoms with Gasteiger partial charge in [-0.25, -0.2) is 0 Å². The van der Waals surface area contributed by atoms with Gasteiger partial charge in [0.15, 0.2) is 0 Å². The molecule has 0 bridgehead atoms. The van der Waals surface area contributed by atoms with E-state index in [1.807, 2.05) is 43.3 Å². The highest BCUT2D eigenvalue weighted by molar-refractivity contribution is 7.99. The fraction of sp³-hybridized carbons (Fsp3) is 0.350. The van der Waals surface area contributed by atoms with E-state index in [2.05, 4.69) is 0 Å². The average molecular weight is 441 g/mol. The summed E-state index contributed by atoms with van der Waals surface area (Å²) in [4.78, 5) is 17.5. The molecule has 0 radical (unpaired) electrons. The quantitative estimate of drug-likeness (QED) is 0.757. The van der Waals surface area contributed by atoms with Gasteiger partial charge < -0.3 is 19.6 Å². The number of anilines is 1. The number of aliphatic hydroxyl groups excluding tert-OH is 1. The molecule has 28 heavy (non-hydrogen) atoms. The van der Waals surface area contributed by atoms with Crippen LogP contribution in [0.5, 0.6) is 5.75 Å². The van der Waals surface area contributed by atoms with Crippen molar-refractivity contribution in [3.05, 3.63) is 52.0 Å². The Hall–Kier alpha value is -1.44. The minimum atomic E-state index is -1.20. The lowest BCUT2D eigenvalue weighted by atomic mass is 10.1. The van der Waals surface area contributed by atoms with Crippen molar-refractivity contribution < 1.29 is 14.6 Å². The first kappa shape index (κ1) is 21.3. The zero-order chi connectivity index (χ0) is 20.4. The van der Waals surface area contributed by atoms with Gasteiger partial charge in [-0.15, -0.1) is 11.8 Å². The number of likely N-dealkylation sites (N-methyl/N-ethyl adjacent to an activating group) is 1. The standard InChI is InChI=1S/C20H22Cl2N2O3S/c1-23(2)8-9-24-16-10-14(21)15(22)11-17(16)28-19(18(25)20(24)26)12-4-6-13(27-3)7-5-12/h4-7,10-11,18-19,25H,8-9H2,1-3H3. The van der Waals surface area contributed by atoms with E-state index in [4.69, 9.17) is 27.9 Å². The van der Waals surface area contributed by atoms with Gasteiger partial charge in [-0.2, -0.15) is 0 Å². The number of aliphatic hydroxyl groups is 1. The molecule has 1 amide bonds. The Morgan fingerprint density at radius 3 is 2.43 bits per heavy atom. The summed E-state index contributed by atoms with van der Waals surface area (Å²) in [5.41, 5.74) is 1.50. The first-order valence-corrected chi connectivity index (χ1v) is 10.4. The molecule has 2 aromatic carbocycles. The molecule has 1 aliphatic rings. The van der Waals surface area contributed by atoms with Crippen LogP contribution in [0, 0.1) is 0 Å². The number of methoxy groups -OCH3 is 1. The van der Waals surface area contributed by atoms with Crippen LogP contribution in [0.1, 0.15) is 10.8 Å². The molecule has 0 aromatic heterocycles. The molecule has 2 aromatic rings. The molecule has 3 rings (SSSR count). The largest absolute Gasteiger partial charge is 0.497 e. The molecule has 2 unspecified atom stereocenters. The predicted octanol–water partition coefficient (Wildman–Crippen LogP) is 4.10. The predicted molar refractivity (Wildman–Crippen MR) is 115 cm³/mol. The van der Waals surface area contributed by atoms with E-state index >= 15 is 0 Å². The highest BCUT2D eigenvalue weighted by Crippen LogP contribution is 2.48. The van der Waals surface area contributed by atoms with Crippen molar-refractivity contribution in [2.45, 2.75) is 16.2 Å². The van der Waals surface area contributed by atoms with E-state index in [1.165, 1.54) is 11.8 Å². The zero-order valence-corrected chi connectivity index (χ0v) is 18.2. The number of benzene rings is 2. The van der Waals surface area contributed by atoms with Crippen molar-refractivity contribution >= 4 is 46.6 Å². The molecule has 1 N–H and O–H groups in total. The van der Waals surface area contributed by atoms with Gasteiger partial charge in [-0.1, -0.05) is 35.3 Å².